The molecule has 0 aliphatic rings. The fourth-order valence-electron chi connectivity index (χ4n) is 1.87. The lowest BCUT2D eigenvalue weighted by molar-refractivity contribution is 0.0491. The molecule has 0 saturated heterocycles. The van der Waals surface area contributed by atoms with Gasteiger partial charge in [-0.2, -0.15) is 0 Å². The summed E-state index contributed by atoms with van der Waals surface area (Å²) >= 11 is 0. The van der Waals surface area contributed by atoms with E-state index in [4.69, 9.17) is 30.4 Å². The molecular weight excluding hydrogens is 302 g/mol. The number of benzene rings is 1. The number of methoxy groups -OCH3 is 3. The van der Waals surface area contributed by atoms with Gasteiger partial charge in [-0.15, -0.1) is 0 Å². The van der Waals surface area contributed by atoms with Gasteiger partial charge in [0.05, 0.1) is 27.9 Å². The first kappa shape index (κ1) is 18.4. The summed E-state index contributed by atoms with van der Waals surface area (Å²) in [6, 6.07) is 3.19. The molecule has 128 valence electrons. The fourth-order valence-corrected chi connectivity index (χ4v) is 1.87. The van der Waals surface area contributed by atoms with Crippen molar-refractivity contribution in [2.24, 2.45) is 16.5 Å². The fraction of sp³-hybridized carbons (Fsp3) is 0.467. The number of hydrogen-bond donors (Lipinski definition) is 2. The number of carbonyl (C=O) groups is 1. The lowest BCUT2D eigenvalue weighted by Crippen LogP contribution is -2.23. The van der Waals surface area contributed by atoms with Crippen molar-refractivity contribution in [3.63, 3.8) is 0 Å². The van der Waals surface area contributed by atoms with Gasteiger partial charge in [0, 0.05) is 18.7 Å². The third-order valence-electron chi connectivity index (χ3n) is 3.00. The first-order valence-electron chi connectivity index (χ1n) is 7.06. The second-order valence-electron chi connectivity index (χ2n) is 4.56. The van der Waals surface area contributed by atoms with Crippen LogP contribution in [0.25, 0.3) is 0 Å². The Hall–Kier alpha value is -2.64. The molecular formula is C15H23N3O5. The summed E-state index contributed by atoms with van der Waals surface area (Å²) in [6.07, 6.45) is 1.35. The Labute approximate surface area is 135 Å². The maximum atomic E-state index is 12.3. The number of rotatable bonds is 9. The topological polar surface area (TPSA) is 118 Å². The van der Waals surface area contributed by atoms with Crippen LogP contribution in [0.4, 0.5) is 0 Å². The van der Waals surface area contributed by atoms with Gasteiger partial charge >= 0.3 is 5.97 Å². The molecule has 8 nitrogen and oxygen atoms in total. The third kappa shape index (κ3) is 5.57. The average molecular weight is 325 g/mol. The van der Waals surface area contributed by atoms with E-state index in [0.29, 0.717) is 36.6 Å². The average Bonchev–Trinajstić information content (AvgIpc) is 2.55. The Kier molecular flexibility index (Phi) is 7.52. The molecule has 0 fully saturated rings. The van der Waals surface area contributed by atoms with Crippen molar-refractivity contribution in [3.8, 4) is 17.2 Å². The zero-order chi connectivity index (χ0) is 17.2. The van der Waals surface area contributed by atoms with Crippen LogP contribution in [0.2, 0.25) is 0 Å². The summed E-state index contributed by atoms with van der Waals surface area (Å²) in [5.74, 6) is 0.698. The molecule has 1 rings (SSSR count). The highest BCUT2D eigenvalue weighted by molar-refractivity contribution is 5.96. The van der Waals surface area contributed by atoms with Crippen molar-refractivity contribution in [2.45, 2.75) is 12.8 Å². The standard InChI is InChI=1S/C15H23N3O5/c1-20-10-8-11(21-2)13(12(9-10)22-3)14(19)23-7-5-4-6-18-15(16)17/h8-9H,4-7H2,1-3H3,(H4,16,17,18). The molecule has 0 spiro atoms. The van der Waals surface area contributed by atoms with Gasteiger partial charge in [-0.3, -0.25) is 4.99 Å². The minimum Gasteiger partial charge on any atom is -0.496 e. The van der Waals surface area contributed by atoms with Gasteiger partial charge in [-0.1, -0.05) is 0 Å². The van der Waals surface area contributed by atoms with Crippen molar-refractivity contribution in [3.05, 3.63) is 17.7 Å². The number of nitrogens with two attached hydrogens (primary N) is 2. The highest BCUT2D eigenvalue weighted by Crippen LogP contribution is 2.34. The van der Waals surface area contributed by atoms with Crippen LogP contribution in [-0.4, -0.2) is 46.4 Å². The Balaban J connectivity index is 2.70. The Morgan fingerprint density at radius 1 is 1.04 bits per heavy atom. The largest absolute Gasteiger partial charge is 0.496 e. The van der Waals surface area contributed by atoms with Crippen LogP contribution in [-0.2, 0) is 4.74 Å². The van der Waals surface area contributed by atoms with E-state index in [0.717, 1.165) is 0 Å². The van der Waals surface area contributed by atoms with Gasteiger partial charge in [0.1, 0.15) is 22.8 Å². The van der Waals surface area contributed by atoms with Crippen LogP contribution in [0.3, 0.4) is 0 Å². The zero-order valence-electron chi connectivity index (χ0n) is 13.6. The SMILES string of the molecule is COc1cc(OC)c(C(=O)OCCCCN=C(N)N)c(OC)c1. The first-order valence-corrected chi connectivity index (χ1v) is 7.06. The van der Waals surface area contributed by atoms with E-state index in [9.17, 15) is 4.79 Å². The maximum Gasteiger partial charge on any atom is 0.345 e. The molecule has 0 atom stereocenters. The van der Waals surface area contributed by atoms with Gasteiger partial charge in [0.25, 0.3) is 0 Å². The van der Waals surface area contributed by atoms with Crippen LogP contribution in [0.5, 0.6) is 17.2 Å². The lowest BCUT2D eigenvalue weighted by Gasteiger charge is -2.14. The van der Waals surface area contributed by atoms with Crippen LogP contribution in [0.1, 0.15) is 23.2 Å². The summed E-state index contributed by atoms with van der Waals surface area (Å²) in [4.78, 5) is 16.1. The van der Waals surface area contributed by atoms with E-state index in [2.05, 4.69) is 4.99 Å². The molecule has 1 aromatic rings. The number of guanidine groups is 1. The molecule has 8 heteroatoms. The highest BCUT2D eigenvalue weighted by atomic mass is 16.5. The summed E-state index contributed by atoms with van der Waals surface area (Å²) in [5.41, 5.74) is 10.7. The zero-order valence-corrected chi connectivity index (χ0v) is 13.6. The molecule has 0 amide bonds. The minimum atomic E-state index is -0.525. The second kappa shape index (κ2) is 9.39. The molecule has 0 aromatic heterocycles. The van der Waals surface area contributed by atoms with E-state index in [-0.39, 0.29) is 18.1 Å². The molecule has 0 unspecified atom stereocenters. The van der Waals surface area contributed by atoms with Gasteiger partial charge in [-0.25, -0.2) is 4.79 Å². The highest BCUT2D eigenvalue weighted by Gasteiger charge is 2.21. The van der Waals surface area contributed by atoms with Crippen LogP contribution >= 0.6 is 0 Å². The van der Waals surface area contributed by atoms with E-state index in [1.807, 2.05) is 0 Å². The van der Waals surface area contributed by atoms with Crippen molar-refractivity contribution >= 4 is 11.9 Å². The van der Waals surface area contributed by atoms with E-state index < -0.39 is 5.97 Å². The molecule has 0 bridgehead atoms. The smallest absolute Gasteiger partial charge is 0.345 e. The summed E-state index contributed by atoms with van der Waals surface area (Å²) in [7, 11) is 4.43. The third-order valence-corrected chi connectivity index (χ3v) is 3.00. The molecule has 0 aliphatic heterocycles. The summed E-state index contributed by atoms with van der Waals surface area (Å²) in [5, 5.41) is 0. The number of unbranched alkanes of at least 4 members (excludes halogenated alkanes) is 1. The number of carbonyl (C=O) groups excluding carboxylic acids is 1. The molecule has 23 heavy (non-hydrogen) atoms. The quantitative estimate of drug-likeness (QED) is 0.300. The number of hydrogen-bond acceptors (Lipinski definition) is 6. The van der Waals surface area contributed by atoms with Gasteiger partial charge in [0.2, 0.25) is 0 Å². The van der Waals surface area contributed by atoms with Crippen LogP contribution < -0.4 is 25.7 Å². The predicted molar refractivity (Wildman–Crippen MR) is 86.3 cm³/mol. The normalized spacial score (nSPS) is 9.87. The molecule has 0 radical (unpaired) electrons. The number of nitrogens with zero attached hydrogens (tertiary/aromatic N) is 1. The predicted octanol–water partition coefficient (Wildman–Crippen LogP) is 0.923. The second-order valence-corrected chi connectivity index (χ2v) is 4.56. The van der Waals surface area contributed by atoms with Crippen molar-refractivity contribution < 1.29 is 23.7 Å². The van der Waals surface area contributed by atoms with E-state index in [1.165, 1.54) is 21.3 Å². The lowest BCUT2D eigenvalue weighted by atomic mass is 10.1. The van der Waals surface area contributed by atoms with Gasteiger partial charge < -0.3 is 30.4 Å². The Morgan fingerprint density at radius 2 is 1.65 bits per heavy atom. The molecule has 4 N–H and O–H groups in total. The van der Waals surface area contributed by atoms with Crippen molar-refractivity contribution in [1.29, 1.82) is 0 Å². The van der Waals surface area contributed by atoms with Crippen LogP contribution in [0, 0.1) is 0 Å². The number of aliphatic imine (C=N–C) groups is 1. The molecule has 0 heterocycles. The Morgan fingerprint density at radius 3 is 2.13 bits per heavy atom. The van der Waals surface area contributed by atoms with Crippen molar-refractivity contribution in [1.82, 2.24) is 0 Å². The van der Waals surface area contributed by atoms with E-state index >= 15 is 0 Å². The van der Waals surface area contributed by atoms with Crippen molar-refractivity contribution in [2.75, 3.05) is 34.5 Å². The number of ether oxygens (including phenoxy) is 4. The maximum absolute atomic E-state index is 12.3. The molecule has 1 aromatic carbocycles. The van der Waals surface area contributed by atoms with Gasteiger partial charge in [-0.05, 0) is 12.8 Å². The molecule has 0 aliphatic carbocycles. The monoisotopic (exact) mass is 325 g/mol. The first-order chi connectivity index (χ1) is 11.0. The van der Waals surface area contributed by atoms with Crippen LogP contribution in [0.15, 0.2) is 17.1 Å². The van der Waals surface area contributed by atoms with Gasteiger partial charge in [0.15, 0.2) is 5.96 Å². The summed E-state index contributed by atoms with van der Waals surface area (Å²) in [6.45, 7) is 0.742. The van der Waals surface area contributed by atoms with E-state index in [1.54, 1.807) is 12.1 Å². The molecule has 0 saturated carbocycles. The number of esters is 1. The minimum absolute atomic E-state index is 0.0506. The Bertz CT molecular complexity index is 531. The summed E-state index contributed by atoms with van der Waals surface area (Å²) < 4.78 is 20.8.